The van der Waals surface area contributed by atoms with Crippen LogP contribution in [0.4, 0.5) is 11.5 Å². The first-order valence-electron chi connectivity index (χ1n) is 7.19. The molecule has 1 atom stereocenters. The summed E-state index contributed by atoms with van der Waals surface area (Å²) in [5.74, 6) is 0.915. The lowest BCUT2D eigenvalue weighted by atomic mass is 9.97. The number of aryl methyl sites for hydroxylation is 2. The van der Waals surface area contributed by atoms with Crippen molar-refractivity contribution in [1.82, 2.24) is 9.97 Å². The van der Waals surface area contributed by atoms with Crippen LogP contribution in [0, 0.1) is 29.9 Å². The molecule has 2 heterocycles. The number of anilines is 1. The maximum atomic E-state index is 10.9. The summed E-state index contributed by atoms with van der Waals surface area (Å²) < 4.78 is 0. The molecular weight excluding hydrogens is 280 g/mol. The van der Waals surface area contributed by atoms with Crippen LogP contribution in [0.3, 0.4) is 0 Å². The molecule has 6 nitrogen and oxygen atoms in total. The highest BCUT2D eigenvalue weighted by molar-refractivity contribution is 5.48. The zero-order chi connectivity index (χ0) is 16.3. The summed E-state index contributed by atoms with van der Waals surface area (Å²) in [6.07, 6.45) is 3.06. The number of aromatic nitrogens is 2. The van der Waals surface area contributed by atoms with Crippen molar-refractivity contribution in [1.29, 1.82) is 0 Å². The molecule has 2 rings (SSSR count). The smallest absolute Gasteiger partial charge is 0.290 e. The van der Waals surface area contributed by atoms with E-state index in [4.69, 9.17) is 0 Å². The minimum absolute atomic E-state index is 0.00504. The van der Waals surface area contributed by atoms with E-state index in [1.165, 1.54) is 6.20 Å². The van der Waals surface area contributed by atoms with Crippen LogP contribution in [-0.4, -0.2) is 14.9 Å². The van der Waals surface area contributed by atoms with Gasteiger partial charge in [-0.15, -0.1) is 0 Å². The Balaban J connectivity index is 2.31. The zero-order valence-corrected chi connectivity index (χ0v) is 13.2. The molecule has 1 unspecified atom stereocenters. The van der Waals surface area contributed by atoms with Gasteiger partial charge in [-0.1, -0.05) is 19.9 Å². The van der Waals surface area contributed by atoms with Crippen LogP contribution < -0.4 is 5.32 Å². The Morgan fingerprint density at radius 1 is 1.23 bits per heavy atom. The third-order valence-corrected chi connectivity index (χ3v) is 3.59. The normalized spacial score (nSPS) is 12.2. The zero-order valence-electron chi connectivity index (χ0n) is 13.2. The van der Waals surface area contributed by atoms with E-state index in [0.29, 0.717) is 17.3 Å². The molecule has 116 valence electrons. The molecule has 2 aromatic heterocycles. The molecule has 0 fully saturated rings. The Hall–Kier alpha value is -2.50. The molecule has 0 saturated carbocycles. The molecular formula is C16H20N4O2. The average molecular weight is 300 g/mol. The first kappa shape index (κ1) is 15.9. The summed E-state index contributed by atoms with van der Waals surface area (Å²) in [6, 6.07) is 5.62. The van der Waals surface area contributed by atoms with Crippen LogP contribution in [0.1, 0.15) is 36.7 Å². The number of hydrogen-bond acceptors (Lipinski definition) is 5. The Bertz CT molecular complexity index is 686. The van der Waals surface area contributed by atoms with Gasteiger partial charge in [0.05, 0.1) is 16.7 Å². The van der Waals surface area contributed by atoms with Gasteiger partial charge in [0.15, 0.2) is 0 Å². The number of pyridine rings is 2. The lowest BCUT2D eigenvalue weighted by molar-refractivity contribution is -0.385. The van der Waals surface area contributed by atoms with E-state index >= 15 is 0 Å². The molecule has 6 heteroatoms. The van der Waals surface area contributed by atoms with Crippen molar-refractivity contribution in [2.24, 2.45) is 5.92 Å². The summed E-state index contributed by atoms with van der Waals surface area (Å²) in [5.41, 5.74) is 2.69. The summed E-state index contributed by atoms with van der Waals surface area (Å²) in [6.45, 7) is 7.93. The quantitative estimate of drug-likeness (QED) is 0.670. The fourth-order valence-electron chi connectivity index (χ4n) is 2.35. The van der Waals surface area contributed by atoms with Crippen molar-refractivity contribution in [2.45, 2.75) is 33.7 Å². The number of rotatable bonds is 5. The Labute approximate surface area is 129 Å². The van der Waals surface area contributed by atoms with E-state index < -0.39 is 4.92 Å². The van der Waals surface area contributed by atoms with Crippen molar-refractivity contribution in [3.05, 3.63) is 57.5 Å². The van der Waals surface area contributed by atoms with Gasteiger partial charge < -0.3 is 5.32 Å². The molecule has 0 aliphatic rings. The van der Waals surface area contributed by atoms with E-state index in [0.717, 1.165) is 11.3 Å². The monoisotopic (exact) mass is 300 g/mol. The van der Waals surface area contributed by atoms with E-state index in [-0.39, 0.29) is 11.7 Å². The second-order valence-electron chi connectivity index (χ2n) is 5.68. The first-order chi connectivity index (χ1) is 10.4. The fourth-order valence-corrected chi connectivity index (χ4v) is 2.35. The maximum absolute atomic E-state index is 10.9. The predicted octanol–water partition coefficient (Wildman–Crippen LogP) is 3.81. The molecule has 0 radical (unpaired) electrons. The topological polar surface area (TPSA) is 81.0 Å². The van der Waals surface area contributed by atoms with E-state index in [1.807, 2.05) is 19.1 Å². The molecule has 0 spiro atoms. The van der Waals surface area contributed by atoms with Gasteiger partial charge in [0.2, 0.25) is 0 Å². The first-order valence-corrected chi connectivity index (χ1v) is 7.19. The van der Waals surface area contributed by atoms with Crippen LogP contribution in [0.15, 0.2) is 30.6 Å². The summed E-state index contributed by atoms with van der Waals surface area (Å²) in [5, 5.41) is 14.2. The Morgan fingerprint density at radius 3 is 2.50 bits per heavy atom. The largest absolute Gasteiger partial charge is 0.361 e. The van der Waals surface area contributed by atoms with Gasteiger partial charge in [0, 0.05) is 11.8 Å². The van der Waals surface area contributed by atoms with Crippen LogP contribution in [0.5, 0.6) is 0 Å². The predicted molar refractivity (Wildman–Crippen MR) is 85.8 cm³/mol. The van der Waals surface area contributed by atoms with Crippen molar-refractivity contribution >= 4 is 11.5 Å². The SMILES string of the molecule is Cc1cc(NC(c2ncccc2C)C(C)C)ncc1[N+](=O)[O-]. The van der Waals surface area contributed by atoms with Gasteiger partial charge >= 0.3 is 0 Å². The standard InChI is InChI=1S/C16H20N4O2/c1-10(2)15(16-11(3)6-5-7-17-16)19-14-8-12(4)13(9-18-14)20(21)22/h5-10,15H,1-4H3,(H,18,19). The average Bonchev–Trinajstić information content (AvgIpc) is 2.45. The van der Waals surface area contributed by atoms with Crippen LogP contribution in [-0.2, 0) is 0 Å². The van der Waals surface area contributed by atoms with Gasteiger partial charge in [-0.3, -0.25) is 15.1 Å². The van der Waals surface area contributed by atoms with Crippen molar-refractivity contribution in [3.63, 3.8) is 0 Å². The minimum atomic E-state index is -0.422. The Kier molecular flexibility index (Phi) is 4.70. The fraction of sp³-hybridized carbons (Fsp3) is 0.375. The van der Waals surface area contributed by atoms with Crippen LogP contribution >= 0.6 is 0 Å². The highest BCUT2D eigenvalue weighted by atomic mass is 16.6. The van der Waals surface area contributed by atoms with E-state index in [2.05, 4.69) is 29.1 Å². The molecule has 0 bridgehead atoms. The van der Waals surface area contributed by atoms with Crippen molar-refractivity contribution < 1.29 is 4.92 Å². The summed E-state index contributed by atoms with van der Waals surface area (Å²) in [4.78, 5) is 19.1. The second kappa shape index (κ2) is 6.51. The van der Waals surface area contributed by atoms with Crippen LogP contribution in [0.2, 0.25) is 0 Å². The minimum Gasteiger partial charge on any atom is -0.361 e. The lowest BCUT2D eigenvalue weighted by Crippen LogP contribution is -2.20. The van der Waals surface area contributed by atoms with Crippen molar-refractivity contribution in [3.8, 4) is 0 Å². The number of nitrogens with one attached hydrogen (secondary N) is 1. The Morgan fingerprint density at radius 2 is 1.95 bits per heavy atom. The van der Waals surface area contributed by atoms with Crippen LogP contribution in [0.25, 0.3) is 0 Å². The van der Waals surface area contributed by atoms with E-state index in [9.17, 15) is 10.1 Å². The molecule has 22 heavy (non-hydrogen) atoms. The molecule has 0 aromatic carbocycles. The third kappa shape index (κ3) is 3.39. The number of nitrogens with zero attached hydrogens (tertiary/aromatic N) is 3. The lowest BCUT2D eigenvalue weighted by Gasteiger charge is -2.24. The van der Waals surface area contributed by atoms with Crippen molar-refractivity contribution in [2.75, 3.05) is 5.32 Å². The third-order valence-electron chi connectivity index (χ3n) is 3.59. The van der Waals surface area contributed by atoms with Gasteiger partial charge in [0.25, 0.3) is 5.69 Å². The van der Waals surface area contributed by atoms with Gasteiger partial charge in [-0.05, 0) is 37.5 Å². The summed E-state index contributed by atoms with van der Waals surface area (Å²) in [7, 11) is 0. The van der Waals surface area contributed by atoms with Gasteiger partial charge in [-0.25, -0.2) is 4.98 Å². The number of nitro groups is 1. The maximum Gasteiger partial charge on any atom is 0.290 e. The van der Waals surface area contributed by atoms with Gasteiger partial charge in [-0.2, -0.15) is 0 Å². The molecule has 0 amide bonds. The highest BCUT2D eigenvalue weighted by Gasteiger charge is 2.20. The molecule has 0 aliphatic carbocycles. The van der Waals surface area contributed by atoms with Gasteiger partial charge in [0.1, 0.15) is 12.0 Å². The highest BCUT2D eigenvalue weighted by Crippen LogP contribution is 2.28. The molecule has 0 aliphatic heterocycles. The molecule has 2 aromatic rings. The molecule has 0 saturated heterocycles. The van der Waals surface area contributed by atoms with E-state index in [1.54, 1.807) is 19.2 Å². The summed E-state index contributed by atoms with van der Waals surface area (Å²) >= 11 is 0. The second-order valence-corrected chi connectivity index (χ2v) is 5.68. The molecule has 1 N–H and O–H groups in total. The number of hydrogen-bond donors (Lipinski definition) is 1.